The van der Waals surface area contributed by atoms with Crippen LogP contribution in [0.25, 0.3) is 0 Å². The van der Waals surface area contributed by atoms with E-state index in [4.69, 9.17) is 0 Å². The molecule has 2 fully saturated rings. The third-order valence-corrected chi connectivity index (χ3v) is 5.48. The van der Waals surface area contributed by atoms with Crippen LogP contribution in [-0.4, -0.2) is 49.6 Å². The van der Waals surface area contributed by atoms with Gasteiger partial charge in [-0.25, -0.2) is 9.88 Å². The van der Waals surface area contributed by atoms with Crippen molar-refractivity contribution in [2.45, 2.75) is 12.8 Å². The number of amides is 2. The Morgan fingerprint density at radius 3 is 2.29 bits per heavy atom. The van der Waals surface area contributed by atoms with Gasteiger partial charge in [-0.05, 0) is 18.9 Å². The molecule has 0 spiro atoms. The second-order valence-electron chi connectivity index (χ2n) is 6.90. The first kappa shape index (κ1) is 15.3. The molecule has 1 aliphatic carbocycles. The highest BCUT2D eigenvalue weighted by Gasteiger charge is 2.48. The van der Waals surface area contributed by atoms with Gasteiger partial charge in [0.1, 0.15) is 26.2 Å². The van der Waals surface area contributed by atoms with Gasteiger partial charge in [0.15, 0.2) is 6.67 Å². The van der Waals surface area contributed by atoms with Crippen LogP contribution in [0.15, 0.2) is 36.5 Å². The van der Waals surface area contributed by atoms with Crippen molar-refractivity contribution < 1.29 is 19.5 Å². The summed E-state index contributed by atoms with van der Waals surface area (Å²) in [7, 11) is 0. The van der Waals surface area contributed by atoms with E-state index in [1.165, 1.54) is 9.80 Å². The summed E-state index contributed by atoms with van der Waals surface area (Å²) in [6, 6.07) is 6.09. The molecule has 0 radical (unpaired) electrons. The van der Waals surface area contributed by atoms with Crippen molar-refractivity contribution in [3.8, 4) is 0 Å². The summed E-state index contributed by atoms with van der Waals surface area (Å²) in [5.74, 6) is 0.993. The van der Waals surface area contributed by atoms with Crippen LogP contribution in [0.3, 0.4) is 0 Å². The van der Waals surface area contributed by atoms with Gasteiger partial charge in [0, 0.05) is 6.07 Å². The SMILES string of the molecule is O=C1[C@H]2CC=CC[C@H]2C(=O)N1C[NH+]1CCN(c2cccc[nH+]2)CC1. The number of quaternary nitrogens is 1. The van der Waals surface area contributed by atoms with Gasteiger partial charge in [0.2, 0.25) is 11.8 Å². The number of piperazine rings is 1. The number of carbonyl (C=O) groups excluding carboxylic acids is 2. The van der Waals surface area contributed by atoms with E-state index in [1.54, 1.807) is 0 Å². The minimum absolute atomic E-state index is 0.0423. The number of aromatic amines is 1. The van der Waals surface area contributed by atoms with Crippen LogP contribution in [0.5, 0.6) is 0 Å². The Morgan fingerprint density at radius 1 is 1.04 bits per heavy atom. The van der Waals surface area contributed by atoms with Gasteiger partial charge in [-0.1, -0.05) is 18.2 Å². The lowest BCUT2D eigenvalue weighted by atomic mass is 9.85. The molecule has 2 aliphatic heterocycles. The van der Waals surface area contributed by atoms with Crippen molar-refractivity contribution in [3.05, 3.63) is 36.5 Å². The van der Waals surface area contributed by atoms with Crippen LogP contribution in [-0.2, 0) is 9.59 Å². The number of fused-ring (bicyclic) bond motifs is 1. The van der Waals surface area contributed by atoms with Gasteiger partial charge < -0.3 is 4.90 Å². The Balaban J connectivity index is 1.36. The first-order valence-electron chi connectivity index (χ1n) is 8.79. The largest absolute Gasteiger partial charge is 0.311 e. The molecule has 2 atom stereocenters. The number of likely N-dealkylation sites (tertiary alicyclic amines) is 1. The van der Waals surface area contributed by atoms with E-state index >= 15 is 0 Å². The Morgan fingerprint density at radius 2 is 1.71 bits per heavy atom. The molecule has 3 heterocycles. The van der Waals surface area contributed by atoms with Crippen molar-refractivity contribution in [1.29, 1.82) is 0 Å². The predicted octanol–water partition coefficient (Wildman–Crippen LogP) is -0.886. The molecule has 2 amide bonds. The molecule has 0 saturated carbocycles. The first-order chi connectivity index (χ1) is 11.7. The number of imide groups is 1. The van der Waals surface area contributed by atoms with Gasteiger partial charge in [-0.2, -0.15) is 0 Å². The molecular formula is C18H24N4O2+2. The van der Waals surface area contributed by atoms with Gasteiger partial charge in [-0.15, -0.1) is 0 Å². The molecule has 1 aromatic heterocycles. The fraction of sp³-hybridized carbons (Fsp3) is 0.500. The molecule has 2 saturated heterocycles. The molecule has 126 valence electrons. The van der Waals surface area contributed by atoms with Crippen LogP contribution in [0, 0.1) is 11.8 Å². The molecule has 24 heavy (non-hydrogen) atoms. The Bertz CT molecular complexity index is 626. The average molecular weight is 328 g/mol. The summed E-state index contributed by atoms with van der Waals surface area (Å²) >= 11 is 0. The van der Waals surface area contributed by atoms with Crippen molar-refractivity contribution >= 4 is 17.6 Å². The monoisotopic (exact) mass is 328 g/mol. The molecule has 0 unspecified atom stereocenters. The molecule has 6 nitrogen and oxygen atoms in total. The van der Waals surface area contributed by atoms with Gasteiger partial charge >= 0.3 is 0 Å². The van der Waals surface area contributed by atoms with E-state index in [0.29, 0.717) is 6.67 Å². The van der Waals surface area contributed by atoms with Crippen molar-refractivity contribution in [3.63, 3.8) is 0 Å². The third-order valence-electron chi connectivity index (χ3n) is 5.48. The lowest BCUT2D eigenvalue weighted by molar-refractivity contribution is -0.908. The number of hydrogen-bond donors (Lipinski definition) is 1. The quantitative estimate of drug-likeness (QED) is 0.579. The molecule has 0 aromatic carbocycles. The predicted molar refractivity (Wildman–Crippen MR) is 88.0 cm³/mol. The van der Waals surface area contributed by atoms with Gasteiger partial charge in [0.25, 0.3) is 5.82 Å². The summed E-state index contributed by atoms with van der Waals surface area (Å²) in [6.07, 6.45) is 7.46. The van der Waals surface area contributed by atoms with Gasteiger partial charge in [0.05, 0.1) is 18.0 Å². The van der Waals surface area contributed by atoms with Crippen molar-refractivity contribution in [2.75, 3.05) is 37.7 Å². The third kappa shape index (κ3) is 2.71. The number of anilines is 1. The van der Waals surface area contributed by atoms with E-state index in [2.05, 4.69) is 16.0 Å². The Labute approximate surface area is 141 Å². The van der Waals surface area contributed by atoms with Crippen LogP contribution in [0.4, 0.5) is 5.82 Å². The van der Waals surface area contributed by atoms with Gasteiger partial charge in [-0.3, -0.25) is 14.5 Å². The maximum atomic E-state index is 12.6. The summed E-state index contributed by atoms with van der Waals surface area (Å²) in [5.41, 5.74) is 0. The fourth-order valence-electron chi connectivity index (χ4n) is 4.05. The van der Waals surface area contributed by atoms with E-state index in [9.17, 15) is 9.59 Å². The zero-order valence-electron chi connectivity index (χ0n) is 13.8. The molecule has 6 heteroatoms. The zero-order chi connectivity index (χ0) is 16.5. The van der Waals surface area contributed by atoms with Crippen LogP contribution in [0.2, 0.25) is 0 Å². The smallest absolute Gasteiger partial charge is 0.274 e. The topological polar surface area (TPSA) is 59.2 Å². The molecule has 4 rings (SSSR count). The second-order valence-corrected chi connectivity index (χ2v) is 6.90. The number of rotatable bonds is 3. The molecule has 2 N–H and O–H groups in total. The Hall–Kier alpha value is -2.21. The number of allylic oxidation sites excluding steroid dienone is 2. The van der Waals surface area contributed by atoms with E-state index in [0.717, 1.165) is 44.8 Å². The highest BCUT2D eigenvalue weighted by Crippen LogP contribution is 2.34. The number of nitrogens with one attached hydrogen (secondary N) is 2. The van der Waals surface area contributed by atoms with Crippen LogP contribution in [0.1, 0.15) is 12.8 Å². The summed E-state index contributed by atoms with van der Waals surface area (Å²) < 4.78 is 0. The molecule has 3 aliphatic rings. The molecule has 0 bridgehead atoms. The van der Waals surface area contributed by atoms with Crippen molar-refractivity contribution in [2.24, 2.45) is 11.8 Å². The fourth-order valence-corrected chi connectivity index (χ4v) is 4.05. The zero-order valence-corrected chi connectivity index (χ0v) is 13.8. The lowest BCUT2D eigenvalue weighted by Crippen LogP contribution is -3.16. The van der Waals surface area contributed by atoms with Crippen molar-refractivity contribution in [1.82, 2.24) is 4.90 Å². The number of nitrogens with zero attached hydrogens (tertiary/aromatic N) is 2. The average Bonchev–Trinajstić information content (AvgIpc) is 2.88. The first-order valence-corrected chi connectivity index (χ1v) is 8.79. The van der Waals surface area contributed by atoms with E-state index in [1.807, 2.05) is 30.5 Å². The van der Waals surface area contributed by atoms with Crippen LogP contribution >= 0.6 is 0 Å². The minimum Gasteiger partial charge on any atom is -0.311 e. The maximum Gasteiger partial charge on any atom is 0.274 e. The van der Waals surface area contributed by atoms with E-state index in [-0.39, 0.29) is 23.7 Å². The molecular weight excluding hydrogens is 304 g/mol. The summed E-state index contributed by atoms with van der Waals surface area (Å²) in [4.78, 5) is 33.5. The summed E-state index contributed by atoms with van der Waals surface area (Å²) in [6.45, 7) is 4.26. The van der Waals surface area contributed by atoms with E-state index < -0.39 is 0 Å². The number of pyridine rings is 1. The standard InChI is InChI=1S/C18H22N4O2/c23-17-14-5-1-2-6-15(14)18(24)22(17)13-20-9-11-21(12-10-20)16-7-3-4-8-19-16/h1-4,7-8,14-15H,5-6,9-13H2/p+2/t14-,15+. The Kier molecular flexibility index (Phi) is 4.06. The summed E-state index contributed by atoms with van der Waals surface area (Å²) in [5, 5.41) is 0. The molecule has 1 aromatic rings. The van der Waals surface area contributed by atoms with Crippen LogP contribution < -0.4 is 14.8 Å². The normalized spacial score (nSPS) is 27.7. The number of aromatic nitrogens is 1. The number of H-pyrrole nitrogens is 1. The maximum absolute atomic E-state index is 12.6. The number of hydrogen-bond acceptors (Lipinski definition) is 3. The lowest BCUT2D eigenvalue weighted by Gasteiger charge is -2.30. The highest BCUT2D eigenvalue weighted by molar-refractivity contribution is 6.05. The highest BCUT2D eigenvalue weighted by atomic mass is 16.2. The minimum atomic E-state index is -0.109. The second kappa shape index (κ2) is 6.36. The number of carbonyl (C=O) groups is 2.